The molecule has 1 rings (SSSR count). The summed E-state index contributed by atoms with van der Waals surface area (Å²) in [4.78, 5) is -0.539. The Morgan fingerprint density at radius 2 is 1.74 bits per heavy atom. The summed E-state index contributed by atoms with van der Waals surface area (Å²) < 4.78 is 60.1. The maximum Gasteiger partial charge on any atom is 0.242 e. The molecule has 0 radical (unpaired) electrons. The van der Waals surface area contributed by atoms with E-state index < -0.39 is 47.1 Å². The lowest BCUT2D eigenvalue weighted by Gasteiger charge is -2.08. The number of sulfonamides is 1. The Labute approximate surface area is 124 Å². The van der Waals surface area contributed by atoms with E-state index in [-0.39, 0.29) is 5.02 Å². The zero-order chi connectivity index (χ0) is 14.8. The van der Waals surface area contributed by atoms with Crippen LogP contribution in [0.1, 0.15) is 0 Å². The maximum absolute atomic E-state index is 13.4. The Kier molecular flexibility index (Phi) is 5.44. The molecule has 0 aliphatic carbocycles. The normalized spacial score (nSPS) is 12.6. The monoisotopic (exact) mass is 369 g/mol. The minimum Gasteiger partial charge on any atom is -0.212 e. The van der Waals surface area contributed by atoms with E-state index in [9.17, 15) is 21.2 Å². The van der Waals surface area contributed by atoms with Gasteiger partial charge >= 0.3 is 0 Å². The van der Waals surface area contributed by atoms with Crippen LogP contribution in [0.2, 0.25) is 10.0 Å². The molecule has 0 unspecified atom stereocenters. The van der Waals surface area contributed by atoms with Gasteiger partial charge in [0, 0.05) is 17.2 Å². The molecule has 1 aromatic rings. The third kappa shape index (κ3) is 4.73. The first-order chi connectivity index (χ1) is 8.54. The molecule has 108 valence electrons. The third-order valence-electron chi connectivity index (χ3n) is 1.93. The van der Waals surface area contributed by atoms with Crippen LogP contribution in [-0.2, 0) is 19.1 Å². The first-order valence-electron chi connectivity index (χ1n) is 4.60. The fourth-order valence-corrected chi connectivity index (χ4v) is 3.57. The maximum atomic E-state index is 13.4. The molecule has 0 spiro atoms. The SMILES string of the molecule is O=S(=O)(Cl)CCNS(=O)(=O)c1ccc(Cl)c(F)c1Cl. The van der Waals surface area contributed by atoms with Crippen molar-refractivity contribution in [2.45, 2.75) is 4.90 Å². The van der Waals surface area contributed by atoms with Crippen LogP contribution < -0.4 is 4.72 Å². The molecule has 5 nitrogen and oxygen atoms in total. The highest BCUT2D eigenvalue weighted by molar-refractivity contribution is 8.13. The average molecular weight is 371 g/mol. The van der Waals surface area contributed by atoms with Gasteiger partial charge < -0.3 is 0 Å². The Morgan fingerprint density at radius 3 is 2.26 bits per heavy atom. The Hall–Kier alpha value is -0.120. The number of hydrogen-bond donors (Lipinski definition) is 1. The summed E-state index contributed by atoms with van der Waals surface area (Å²) in [6, 6.07) is 2.03. The fraction of sp³-hybridized carbons (Fsp3) is 0.250. The summed E-state index contributed by atoms with van der Waals surface area (Å²) in [7, 11) is -3.07. The van der Waals surface area contributed by atoms with Crippen molar-refractivity contribution in [3.63, 3.8) is 0 Å². The molecule has 0 fully saturated rings. The van der Waals surface area contributed by atoms with Gasteiger partial charge in [-0.15, -0.1) is 0 Å². The molecule has 1 N–H and O–H groups in total. The van der Waals surface area contributed by atoms with Gasteiger partial charge in [0.2, 0.25) is 19.1 Å². The highest BCUT2D eigenvalue weighted by Crippen LogP contribution is 2.29. The summed E-state index contributed by atoms with van der Waals surface area (Å²) in [5.74, 6) is -1.68. The van der Waals surface area contributed by atoms with Crippen molar-refractivity contribution < 1.29 is 21.2 Å². The van der Waals surface area contributed by atoms with E-state index in [1.165, 1.54) is 0 Å². The topological polar surface area (TPSA) is 80.3 Å². The van der Waals surface area contributed by atoms with Gasteiger partial charge in [-0.1, -0.05) is 23.2 Å². The van der Waals surface area contributed by atoms with Crippen molar-refractivity contribution in [3.05, 3.63) is 28.0 Å². The highest BCUT2D eigenvalue weighted by Gasteiger charge is 2.22. The lowest BCUT2D eigenvalue weighted by Crippen LogP contribution is -2.28. The van der Waals surface area contributed by atoms with Crippen LogP contribution in [0.25, 0.3) is 0 Å². The average Bonchev–Trinajstić information content (AvgIpc) is 2.23. The second-order valence-corrected chi connectivity index (χ2v) is 8.73. The Bertz CT molecular complexity index is 690. The lowest BCUT2D eigenvalue weighted by molar-refractivity contribution is 0.579. The first-order valence-corrected chi connectivity index (χ1v) is 9.32. The van der Waals surface area contributed by atoms with Gasteiger partial charge in [0.25, 0.3) is 0 Å². The van der Waals surface area contributed by atoms with Crippen molar-refractivity contribution in [1.82, 2.24) is 4.72 Å². The van der Waals surface area contributed by atoms with Gasteiger partial charge in [0.1, 0.15) is 4.90 Å². The summed E-state index contributed by atoms with van der Waals surface area (Å²) >= 11 is 11.0. The lowest BCUT2D eigenvalue weighted by atomic mass is 10.3. The quantitative estimate of drug-likeness (QED) is 0.635. The zero-order valence-electron chi connectivity index (χ0n) is 9.03. The minimum atomic E-state index is -4.16. The molecule has 0 saturated carbocycles. The second-order valence-electron chi connectivity index (χ2n) is 3.31. The van der Waals surface area contributed by atoms with Gasteiger partial charge in [-0.2, -0.15) is 0 Å². The van der Waals surface area contributed by atoms with E-state index in [1.807, 2.05) is 4.72 Å². The molecule has 1 aromatic carbocycles. The zero-order valence-corrected chi connectivity index (χ0v) is 12.9. The number of rotatable bonds is 5. The van der Waals surface area contributed by atoms with E-state index >= 15 is 0 Å². The smallest absolute Gasteiger partial charge is 0.212 e. The minimum absolute atomic E-state index is 0.327. The number of halogens is 4. The van der Waals surface area contributed by atoms with Crippen LogP contribution in [0, 0.1) is 5.82 Å². The van der Waals surface area contributed by atoms with Crippen molar-refractivity contribution in [3.8, 4) is 0 Å². The van der Waals surface area contributed by atoms with E-state index in [0.717, 1.165) is 12.1 Å². The van der Waals surface area contributed by atoms with E-state index in [0.29, 0.717) is 0 Å². The molecule has 0 amide bonds. The summed E-state index contributed by atoms with van der Waals surface area (Å²) in [6.45, 7) is -0.464. The molecule has 0 saturated heterocycles. The number of nitrogens with one attached hydrogen (secondary N) is 1. The van der Waals surface area contributed by atoms with E-state index in [1.54, 1.807) is 0 Å². The predicted octanol–water partition coefficient (Wildman–Crippen LogP) is 1.98. The van der Waals surface area contributed by atoms with Gasteiger partial charge in [-0.05, 0) is 12.1 Å². The second kappa shape index (κ2) is 6.11. The first kappa shape index (κ1) is 16.9. The van der Waals surface area contributed by atoms with Crippen molar-refractivity contribution in [2.24, 2.45) is 0 Å². The molecule has 0 aliphatic rings. The van der Waals surface area contributed by atoms with Crippen LogP contribution in [0.5, 0.6) is 0 Å². The molecule has 0 heterocycles. The van der Waals surface area contributed by atoms with Gasteiger partial charge in [-0.25, -0.2) is 25.9 Å². The van der Waals surface area contributed by atoms with Crippen LogP contribution in [0.4, 0.5) is 4.39 Å². The molecule has 0 aliphatic heterocycles. The molecular formula is C8H7Cl3FNO4S2. The van der Waals surface area contributed by atoms with Gasteiger partial charge in [-0.3, -0.25) is 0 Å². The molecule has 11 heteroatoms. The summed E-state index contributed by atoms with van der Waals surface area (Å²) in [5.41, 5.74) is 0. The van der Waals surface area contributed by atoms with Gasteiger partial charge in [0.15, 0.2) is 5.82 Å². The third-order valence-corrected chi connectivity index (χ3v) is 5.36. The van der Waals surface area contributed by atoms with Crippen LogP contribution in [-0.4, -0.2) is 29.1 Å². The molecule has 0 aromatic heterocycles. The van der Waals surface area contributed by atoms with Gasteiger partial charge in [0.05, 0.1) is 15.8 Å². The standard InChI is InChI=1S/C8H7Cl3FNO4S2/c9-5-1-2-6(7(10)8(5)12)19(16,17)13-3-4-18(11,14)15/h1-2,13H,3-4H2. The Balaban J connectivity index is 2.99. The fourth-order valence-electron chi connectivity index (χ4n) is 1.09. The van der Waals surface area contributed by atoms with E-state index in [4.69, 9.17) is 33.9 Å². The van der Waals surface area contributed by atoms with Crippen molar-refractivity contribution in [2.75, 3.05) is 12.3 Å². The summed E-state index contributed by atoms with van der Waals surface area (Å²) in [6.07, 6.45) is 0. The highest BCUT2D eigenvalue weighted by atomic mass is 35.7. The summed E-state index contributed by atoms with van der Waals surface area (Å²) in [5, 5.41) is -0.999. The van der Waals surface area contributed by atoms with Crippen molar-refractivity contribution >= 4 is 53.0 Å². The predicted molar refractivity (Wildman–Crippen MR) is 71.2 cm³/mol. The number of hydrogen-bond acceptors (Lipinski definition) is 4. The molecule has 0 bridgehead atoms. The van der Waals surface area contributed by atoms with Crippen LogP contribution in [0.15, 0.2) is 17.0 Å². The molecular weight excluding hydrogens is 364 g/mol. The van der Waals surface area contributed by atoms with Crippen LogP contribution in [0.3, 0.4) is 0 Å². The largest absolute Gasteiger partial charge is 0.242 e. The van der Waals surface area contributed by atoms with E-state index in [2.05, 4.69) is 0 Å². The number of benzene rings is 1. The Morgan fingerprint density at radius 1 is 1.16 bits per heavy atom. The van der Waals surface area contributed by atoms with Crippen LogP contribution >= 0.6 is 33.9 Å². The molecule has 19 heavy (non-hydrogen) atoms. The van der Waals surface area contributed by atoms with Crippen molar-refractivity contribution in [1.29, 1.82) is 0 Å². The molecule has 0 atom stereocenters.